The summed E-state index contributed by atoms with van der Waals surface area (Å²) in [5.41, 5.74) is 1.14. The van der Waals surface area contributed by atoms with E-state index >= 15 is 0 Å². The van der Waals surface area contributed by atoms with E-state index in [-0.39, 0.29) is 23.6 Å². The number of hydrogen-bond acceptors (Lipinski definition) is 7. The fraction of sp³-hybridized carbons (Fsp3) is 0.263. The van der Waals surface area contributed by atoms with E-state index in [9.17, 15) is 19.7 Å². The minimum absolute atomic E-state index is 0.0568. The van der Waals surface area contributed by atoms with Gasteiger partial charge in [0.25, 0.3) is 5.69 Å². The van der Waals surface area contributed by atoms with Gasteiger partial charge in [-0.1, -0.05) is 0 Å². The largest absolute Gasteiger partial charge is 0.493 e. The summed E-state index contributed by atoms with van der Waals surface area (Å²) in [6, 6.07) is 8.93. The molecule has 0 aliphatic heterocycles. The van der Waals surface area contributed by atoms with E-state index < -0.39 is 10.9 Å². The molecular formula is C19H20N2O6. The van der Waals surface area contributed by atoms with Crippen molar-refractivity contribution in [3.05, 3.63) is 63.2 Å². The molecule has 0 atom stereocenters. The topological polar surface area (TPSA) is 108 Å². The van der Waals surface area contributed by atoms with E-state index in [1.165, 1.54) is 19.1 Å². The number of benzene rings is 2. The van der Waals surface area contributed by atoms with Crippen molar-refractivity contribution in [3.8, 4) is 5.75 Å². The average molecular weight is 372 g/mol. The number of anilines is 1. The number of hydrogen-bond donors (Lipinski definition) is 1. The second-order valence-electron chi connectivity index (χ2n) is 5.63. The molecule has 0 aliphatic carbocycles. The molecule has 0 amide bonds. The molecule has 0 aliphatic rings. The summed E-state index contributed by atoms with van der Waals surface area (Å²) in [7, 11) is 1.55. The van der Waals surface area contributed by atoms with Gasteiger partial charge in [0, 0.05) is 24.2 Å². The van der Waals surface area contributed by atoms with E-state index in [2.05, 4.69) is 5.32 Å². The van der Waals surface area contributed by atoms with E-state index in [1.807, 2.05) is 6.92 Å². The molecule has 0 radical (unpaired) electrons. The van der Waals surface area contributed by atoms with Gasteiger partial charge in [0.2, 0.25) is 0 Å². The summed E-state index contributed by atoms with van der Waals surface area (Å²) < 4.78 is 10.8. The number of nitro benzene ring substituents is 1. The highest BCUT2D eigenvalue weighted by Crippen LogP contribution is 2.26. The van der Waals surface area contributed by atoms with Gasteiger partial charge in [-0.2, -0.15) is 0 Å². The quantitative estimate of drug-likeness (QED) is 0.326. The number of esters is 1. The predicted octanol–water partition coefficient (Wildman–Crippen LogP) is 3.59. The van der Waals surface area contributed by atoms with Crippen LogP contribution in [0.3, 0.4) is 0 Å². The molecule has 0 bridgehead atoms. The fourth-order valence-corrected chi connectivity index (χ4v) is 2.46. The highest BCUT2D eigenvalue weighted by atomic mass is 16.6. The van der Waals surface area contributed by atoms with Gasteiger partial charge in [0.15, 0.2) is 5.78 Å². The molecule has 2 rings (SSSR count). The molecule has 27 heavy (non-hydrogen) atoms. The SMILES string of the molecule is CCOc1ccc(C(C)=O)cc1COC(=O)c1ccc(NC)c([N+](=O)[O-])c1. The Morgan fingerprint density at radius 1 is 1.15 bits per heavy atom. The molecule has 0 saturated carbocycles. The molecule has 8 heteroatoms. The van der Waals surface area contributed by atoms with Crippen molar-refractivity contribution in [2.45, 2.75) is 20.5 Å². The number of nitrogens with one attached hydrogen (secondary N) is 1. The molecule has 0 fully saturated rings. The summed E-state index contributed by atoms with van der Waals surface area (Å²) in [6.07, 6.45) is 0. The van der Waals surface area contributed by atoms with E-state index in [0.717, 1.165) is 6.07 Å². The van der Waals surface area contributed by atoms with Crippen LogP contribution in [0.4, 0.5) is 11.4 Å². The molecule has 0 unspecified atom stereocenters. The highest BCUT2D eigenvalue weighted by Gasteiger charge is 2.18. The first kappa shape index (κ1) is 19.9. The third-order valence-electron chi connectivity index (χ3n) is 3.83. The van der Waals surface area contributed by atoms with Crippen molar-refractivity contribution >= 4 is 23.1 Å². The Bertz CT molecular complexity index is 878. The molecule has 0 saturated heterocycles. The standard InChI is InChI=1S/C19H20N2O6/c1-4-26-18-8-6-13(12(2)22)9-15(18)11-27-19(23)14-5-7-16(20-3)17(10-14)21(24)25/h5-10,20H,4,11H2,1-3H3. The number of ketones is 1. The van der Waals surface area contributed by atoms with Crippen molar-refractivity contribution in [2.75, 3.05) is 19.0 Å². The van der Waals surface area contributed by atoms with E-state index in [1.54, 1.807) is 25.2 Å². The van der Waals surface area contributed by atoms with Crippen LogP contribution in [0.5, 0.6) is 5.75 Å². The van der Waals surface area contributed by atoms with Gasteiger partial charge in [0.05, 0.1) is 17.1 Å². The van der Waals surface area contributed by atoms with Crippen LogP contribution in [0, 0.1) is 10.1 Å². The molecule has 8 nitrogen and oxygen atoms in total. The molecule has 1 N–H and O–H groups in total. The Labute approximate surface area is 156 Å². The summed E-state index contributed by atoms with van der Waals surface area (Å²) in [6.45, 7) is 3.54. The minimum atomic E-state index is -0.712. The van der Waals surface area contributed by atoms with Gasteiger partial charge in [0.1, 0.15) is 18.0 Å². The monoisotopic (exact) mass is 372 g/mol. The van der Waals surface area contributed by atoms with E-state index in [4.69, 9.17) is 9.47 Å². The second kappa shape index (κ2) is 8.79. The zero-order valence-electron chi connectivity index (χ0n) is 15.3. The summed E-state index contributed by atoms with van der Waals surface area (Å²) in [4.78, 5) is 34.4. The van der Waals surface area contributed by atoms with Gasteiger partial charge in [-0.15, -0.1) is 0 Å². The first-order chi connectivity index (χ1) is 12.9. The van der Waals surface area contributed by atoms with Gasteiger partial charge in [-0.3, -0.25) is 14.9 Å². The average Bonchev–Trinajstić information content (AvgIpc) is 2.66. The number of rotatable bonds is 8. The Balaban J connectivity index is 2.22. The van der Waals surface area contributed by atoms with Gasteiger partial charge < -0.3 is 14.8 Å². The van der Waals surface area contributed by atoms with Crippen LogP contribution in [-0.2, 0) is 11.3 Å². The first-order valence-electron chi connectivity index (χ1n) is 8.27. The van der Waals surface area contributed by atoms with Crippen LogP contribution in [-0.4, -0.2) is 30.3 Å². The number of nitrogens with zero attached hydrogens (tertiary/aromatic N) is 1. The summed E-state index contributed by atoms with van der Waals surface area (Å²) >= 11 is 0. The Kier molecular flexibility index (Phi) is 6.48. The third kappa shape index (κ3) is 4.81. The molecule has 0 heterocycles. The molecule has 0 spiro atoms. The number of ether oxygens (including phenoxy) is 2. The number of nitro groups is 1. The van der Waals surface area contributed by atoms with Gasteiger partial charge in [-0.05, 0) is 44.2 Å². The molecule has 0 aromatic heterocycles. The second-order valence-corrected chi connectivity index (χ2v) is 5.63. The lowest BCUT2D eigenvalue weighted by Gasteiger charge is -2.12. The van der Waals surface area contributed by atoms with Crippen molar-refractivity contribution < 1.29 is 24.0 Å². The minimum Gasteiger partial charge on any atom is -0.493 e. The highest BCUT2D eigenvalue weighted by molar-refractivity contribution is 5.94. The van der Waals surface area contributed by atoms with Crippen LogP contribution < -0.4 is 10.1 Å². The van der Waals surface area contributed by atoms with Crippen LogP contribution >= 0.6 is 0 Å². The Hall–Kier alpha value is -3.42. The van der Waals surface area contributed by atoms with Crippen molar-refractivity contribution in [3.63, 3.8) is 0 Å². The van der Waals surface area contributed by atoms with Crippen LogP contribution in [0.1, 0.15) is 40.1 Å². The number of Topliss-reactive ketones (excluding diaryl/α,β-unsaturated/α-hetero) is 1. The van der Waals surface area contributed by atoms with Crippen LogP contribution in [0.2, 0.25) is 0 Å². The number of carbonyl (C=O) groups excluding carboxylic acids is 2. The van der Waals surface area contributed by atoms with Crippen molar-refractivity contribution in [2.24, 2.45) is 0 Å². The lowest BCUT2D eigenvalue weighted by atomic mass is 10.1. The molecule has 142 valence electrons. The smallest absolute Gasteiger partial charge is 0.338 e. The van der Waals surface area contributed by atoms with Gasteiger partial charge in [-0.25, -0.2) is 4.79 Å². The van der Waals surface area contributed by atoms with Crippen LogP contribution in [0.25, 0.3) is 0 Å². The van der Waals surface area contributed by atoms with Crippen LogP contribution in [0.15, 0.2) is 36.4 Å². The fourth-order valence-electron chi connectivity index (χ4n) is 2.46. The molecule has 2 aromatic carbocycles. The number of carbonyl (C=O) groups is 2. The predicted molar refractivity (Wildman–Crippen MR) is 99.4 cm³/mol. The zero-order chi connectivity index (χ0) is 20.0. The molecular weight excluding hydrogens is 352 g/mol. The normalized spacial score (nSPS) is 10.2. The summed E-state index contributed by atoms with van der Waals surface area (Å²) in [5.74, 6) is -0.327. The Morgan fingerprint density at radius 3 is 2.44 bits per heavy atom. The van der Waals surface area contributed by atoms with Gasteiger partial charge >= 0.3 is 5.97 Å². The zero-order valence-corrected chi connectivity index (χ0v) is 15.3. The first-order valence-corrected chi connectivity index (χ1v) is 8.27. The van der Waals surface area contributed by atoms with Crippen molar-refractivity contribution in [1.29, 1.82) is 0 Å². The molecule has 2 aromatic rings. The lowest BCUT2D eigenvalue weighted by molar-refractivity contribution is -0.384. The summed E-state index contributed by atoms with van der Waals surface area (Å²) in [5, 5.41) is 13.8. The third-order valence-corrected chi connectivity index (χ3v) is 3.83. The maximum absolute atomic E-state index is 12.3. The maximum Gasteiger partial charge on any atom is 0.338 e. The van der Waals surface area contributed by atoms with Crippen molar-refractivity contribution in [1.82, 2.24) is 0 Å². The maximum atomic E-state index is 12.3. The lowest BCUT2D eigenvalue weighted by Crippen LogP contribution is -2.08. The van der Waals surface area contributed by atoms with E-state index in [0.29, 0.717) is 29.2 Å². The Morgan fingerprint density at radius 2 is 1.85 bits per heavy atom.